The Labute approximate surface area is 85.9 Å². The average Bonchev–Trinajstić information content (AvgIpc) is 2.16. The van der Waals surface area contributed by atoms with Crippen LogP contribution in [0.15, 0.2) is 4.99 Å². The van der Waals surface area contributed by atoms with Crippen LogP contribution in [0.5, 0.6) is 0 Å². The van der Waals surface area contributed by atoms with Gasteiger partial charge in [0.25, 0.3) is 0 Å². The third-order valence-corrected chi connectivity index (χ3v) is 3.11. The smallest absolute Gasteiger partial charge is 0.188 e. The van der Waals surface area contributed by atoms with Gasteiger partial charge in [0.1, 0.15) is 0 Å². The first-order chi connectivity index (χ1) is 6.52. The molecule has 2 atom stereocenters. The first-order valence-electron chi connectivity index (χ1n) is 5.12. The Balaban J connectivity index is 2.46. The maximum Gasteiger partial charge on any atom is 0.188 e. The van der Waals surface area contributed by atoms with E-state index in [-0.39, 0.29) is 5.41 Å². The predicted molar refractivity (Wildman–Crippen MR) is 58.3 cm³/mol. The van der Waals surface area contributed by atoms with E-state index in [1.807, 2.05) is 6.92 Å². The van der Waals surface area contributed by atoms with E-state index in [9.17, 15) is 0 Å². The number of nitrogens with two attached hydrogens (primary N) is 1. The molecule has 3 N–H and O–H groups in total. The number of hydrogen-bond donors (Lipinski definition) is 2. The zero-order chi connectivity index (χ0) is 10.8. The fourth-order valence-electron chi connectivity index (χ4n) is 1.86. The van der Waals surface area contributed by atoms with E-state index in [0.29, 0.717) is 18.1 Å². The van der Waals surface area contributed by atoms with Gasteiger partial charge in [0, 0.05) is 25.1 Å². The van der Waals surface area contributed by atoms with Crippen molar-refractivity contribution in [1.82, 2.24) is 5.32 Å². The molecule has 0 amide bonds. The van der Waals surface area contributed by atoms with E-state index in [0.717, 1.165) is 13.0 Å². The number of nitrogens with one attached hydrogen (secondary N) is 1. The molecule has 1 rings (SSSR count). The second kappa shape index (κ2) is 4.17. The quantitative estimate of drug-likeness (QED) is 0.520. The van der Waals surface area contributed by atoms with Crippen LogP contribution in [0.3, 0.4) is 0 Å². The topological polar surface area (TPSA) is 59.6 Å². The summed E-state index contributed by atoms with van der Waals surface area (Å²) in [5.74, 6) is 0.512. The van der Waals surface area contributed by atoms with Crippen LogP contribution in [0.4, 0.5) is 0 Å². The molecule has 0 saturated heterocycles. The minimum atomic E-state index is 0.144. The van der Waals surface area contributed by atoms with Gasteiger partial charge in [-0.3, -0.25) is 4.99 Å². The molecule has 0 aromatic carbocycles. The van der Waals surface area contributed by atoms with Gasteiger partial charge in [0.15, 0.2) is 5.96 Å². The van der Waals surface area contributed by atoms with Crippen molar-refractivity contribution in [2.75, 3.05) is 13.7 Å². The molecule has 14 heavy (non-hydrogen) atoms. The zero-order valence-corrected chi connectivity index (χ0v) is 9.50. The van der Waals surface area contributed by atoms with Gasteiger partial charge in [0.05, 0.1) is 6.10 Å². The van der Waals surface area contributed by atoms with Crippen LogP contribution in [0.25, 0.3) is 0 Å². The lowest BCUT2D eigenvalue weighted by Crippen LogP contribution is -2.63. The molecule has 1 saturated carbocycles. The third kappa shape index (κ3) is 2.00. The van der Waals surface area contributed by atoms with Crippen LogP contribution in [0.2, 0.25) is 0 Å². The molecule has 1 fully saturated rings. The van der Waals surface area contributed by atoms with E-state index in [2.05, 4.69) is 24.2 Å². The highest BCUT2D eigenvalue weighted by atomic mass is 16.5. The Morgan fingerprint density at radius 2 is 2.29 bits per heavy atom. The number of hydrogen-bond acceptors (Lipinski definition) is 2. The number of nitrogens with zero attached hydrogens (tertiary/aromatic N) is 1. The maximum absolute atomic E-state index is 5.62. The largest absolute Gasteiger partial charge is 0.378 e. The molecular formula is C10H21N3O. The SMILES string of the molecule is CCO[C@H]1C[C@H](NC(N)=NC)C1(C)C. The molecule has 0 aliphatic heterocycles. The molecule has 1 aliphatic rings. The van der Waals surface area contributed by atoms with Crippen LogP contribution in [-0.4, -0.2) is 31.8 Å². The van der Waals surface area contributed by atoms with Gasteiger partial charge >= 0.3 is 0 Å². The van der Waals surface area contributed by atoms with Crippen LogP contribution in [0, 0.1) is 5.41 Å². The summed E-state index contributed by atoms with van der Waals surface area (Å²) in [6.45, 7) is 7.19. The van der Waals surface area contributed by atoms with Crippen molar-refractivity contribution in [3.8, 4) is 0 Å². The van der Waals surface area contributed by atoms with Crippen molar-refractivity contribution in [2.45, 2.75) is 39.3 Å². The Hall–Kier alpha value is -0.770. The summed E-state index contributed by atoms with van der Waals surface area (Å²) in [5.41, 5.74) is 5.77. The normalized spacial score (nSPS) is 31.0. The summed E-state index contributed by atoms with van der Waals surface area (Å²) < 4.78 is 5.62. The summed E-state index contributed by atoms with van der Waals surface area (Å²) in [6.07, 6.45) is 1.35. The molecule has 1 aliphatic carbocycles. The van der Waals surface area contributed by atoms with Crippen LogP contribution < -0.4 is 11.1 Å². The minimum Gasteiger partial charge on any atom is -0.378 e. The van der Waals surface area contributed by atoms with Crippen molar-refractivity contribution in [3.63, 3.8) is 0 Å². The van der Waals surface area contributed by atoms with Gasteiger partial charge in [-0.1, -0.05) is 13.8 Å². The van der Waals surface area contributed by atoms with Gasteiger partial charge < -0.3 is 15.8 Å². The van der Waals surface area contributed by atoms with Crippen molar-refractivity contribution >= 4 is 5.96 Å². The van der Waals surface area contributed by atoms with E-state index in [4.69, 9.17) is 10.5 Å². The lowest BCUT2D eigenvalue weighted by atomic mass is 9.64. The highest BCUT2D eigenvalue weighted by molar-refractivity contribution is 5.78. The summed E-state index contributed by atoms with van der Waals surface area (Å²) >= 11 is 0. The van der Waals surface area contributed by atoms with E-state index in [1.165, 1.54) is 0 Å². The van der Waals surface area contributed by atoms with Gasteiger partial charge in [-0.15, -0.1) is 0 Å². The van der Waals surface area contributed by atoms with E-state index < -0.39 is 0 Å². The van der Waals surface area contributed by atoms with Crippen LogP contribution >= 0.6 is 0 Å². The molecule has 0 unspecified atom stereocenters. The van der Waals surface area contributed by atoms with Crippen molar-refractivity contribution in [2.24, 2.45) is 16.1 Å². The van der Waals surface area contributed by atoms with Gasteiger partial charge in [-0.2, -0.15) is 0 Å². The molecule has 82 valence electrons. The Bertz CT molecular complexity index is 225. The number of guanidine groups is 1. The molecule has 0 aromatic rings. The monoisotopic (exact) mass is 199 g/mol. The second-order valence-corrected chi connectivity index (χ2v) is 4.31. The van der Waals surface area contributed by atoms with Crippen LogP contribution in [-0.2, 0) is 4.74 Å². The number of ether oxygens (including phenoxy) is 1. The Morgan fingerprint density at radius 3 is 2.71 bits per heavy atom. The average molecular weight is 199 g/mol. The van der Waals surface area contributed by atoms with Gasteiger partial charge in [-0.25, -0.2) is 0 Å². The lowest BCUT2D eigenvalue weighted by molar-refractivity contribution is -0.109. The summed E-state index contributed by atoms with van der Waals surface area (Å²) in [4.78, 5) is 3.89. The molecule has 0 radical (unpaired) electrons. The fourth-order valence-corrected chi connectivity index (χ4v) is 1.86. The summed E-state index contributed by atoms with van der Waals surface area (Å²) in [7, 11) is 1.69. The van der Waals surface area contributed by atoms with Crippen molar-refractivity contribution in [3.05, 3.63) is 0 Å². The standard InChI is InChI=1S/C10H21N3O/c1-5-14-8-6-7(10(8,2)3)13-9(11)12-4/h7-8H,5-6H2,1-4H3,(H3,11,12,13)/t7-,8-/m0/s1. The second-order valence-electron chi connectivity index (χ2n) is 4.31. The first kappa shape index (κ1) is 11.3. The molecule has 0 spiro atoms. The van der Waals surface area contributed by atoms with Crippen molar-refractivity contribution < 1.29 is 4.74 Å². The van der Waals surface area contributed by atoms with E-state index in [1.54, 1.807) is 7.05 Å². The Kier molecular flexibility index (Phi) is 3.37. The molecule has 4 heteroatoms. The number of rotatable bonds is 3. The fraction of sp³-hybridized carbons (Fsp3) is 0.900. The highest BCUT2D eigenvalue weighted by Crippen LogP contribution is 2.42. The molecule has 0 bridgehead atoms. The zero-order valence-electron chi connectivity index (χ0n) is 9.50. The summed E-state index contributed by atoms with van der Waals surface area (Å²) in [6, 6.07) is 0.378. The Morgan fingerprint density at radius 1 is 1.64 bits per heavy atom. The molecular weight excluding hydrogens is 178 g/mol. The van der Waals surface area contributed by atoms with E-state index >= 15 is 0 Å². The van der Waals surface area contributed by atoms with Gasteiger partial charge in [0.2, 0.25) is 0 Å². The summed E-state index contributed by atoms with van der Waals surface area (Å²) in [5, 5.41) is 3.19. The van der Waals surface area contributed by atoms with Gasteiger partial charge in [-0.05, 0) is 13.3 Å². The maximum atomic E-state index is 5.62. The molecule has 0 aromatic heterocycles. The predicted octanol–water partition coefficient (Wildman–Crippen LogP) is 0.724. The first-order valence-corrected chi connectivity index (χ1v) is 5.12. The minimum absolute atomic E-state index is 0.144. The molecule has 0 heterocycles. The lowest BCUT2D eigenvalue weighted by Gasteiger charge is -2.51. The van der Waals surface area contributed by atoms with Crippen LogP contribution in [0.1, 0.15) is 27.2 Å². The third-order valence-electron chi connectivity index (χ3n) is 3.11. The number of aliphatic imine (C=N–C) groups is 1. The van der Waals surface area contributed by atoms with Crippen molar-refractivity contribution in [1.29, 1.82) is 0 Å². The molecule has 4 nitrogen and oxygen atoms in total. The highest BCUT2D eigenvalue weighted by Gasteiger charge is 2.49.